The van der Waals surface area contributed by atoms with Gasteiger partial charge in [0.2, 0.25) is 5.91 Å². The summed E-state index contributed by atoms with van der Waals surface area (Å²) in [6, 6.07) is 0.229. The summed E-state index contributed by atoms with van der Waals surface area (Å²) in [4.78, 5) is 17.5. The fourth-order valence-electron chi connectivity index (χ4n) is 4.84. The van der Waals surface area contributed by atoms with E-state index in [-0.39, 0.29) is 36.2 Å². The number of hydrazine groups is 1. The van der Waals surface area contributed by atoms with Crippen molar-refractivity contribution in [2.75, 3.05) is 7.11 Å². The maximum absolute atomic E-state index is 14.6. The number of carbonyl (C=O) groups excluding carboxylic acids is 1. The molecule has 2 saturated carbocycles. The first kappa shape index (κ1) is 24.3. The molecule has 0 radical (unpaired) electrons. The highest BCUT2D eigenvalue weighted by Crippen LogP contribution is 2.31. The van der Waals surface area contributed by atoms with Crippen LogP contribution < -0.4 is 21.5 Å². The summed E-state index contributed by atoms with van der Waals surface area (Å²) < 4.78 is 33.3. The van der Waals surface area contributed by atoms with E-state index in [9.17, 15) is 13.6 Å². The van der Waals surface area contributed by atoms with Crippen LogP contribution in [-0.4, -0.2) is 55.2 Å². The van der Waals surface area contributed by atoms with Crippen LogP contribution in [0.25, 0.3) is 0 Å². The highest BCUT2D eigenvalue weighted by atomic mass is 19.1. The van der Waals surface area contributed by atoms with Gasteiger partial charge in [0.05, 0.1) is 12.0 Å². The van der Waals surface area contributed by atoms with E-state index in [1.165, 1.54) is 0 Å². The zero-order valence-corrected chi connectivity index (χ0v) is 19.2. The lowest BCUT2D eigenvalue weighted by atomic mass is 9.82. The number of methoxy groups -OCH3 is 1. The summed E-state index contributed by atoms with van der Waals surface area (Å²) in [5, 5.41) is 6.08. The first-order valence-corrected chi connectivity index (χ1v) is 11.6. The summed E-state index contributed by atoms with van der Waals surface area (Å²) in [5.41, 5.74) is 6.17. The van der Waals surface area contributed by atoms with Crippen LogP contribution in [0.5, 0.6) is 0 Å². The van der Waals surface area contributed by atoms with Gasteiger partial charge < -0.3 is 10.1 Å². The molecule has 1 aliphatic heterocycles. The predicted octanol–water partition coefficient (Wildman–Crippen LogP) is 2.72. The molecular weight excluding hydrogens is 404 g/mol. The Bertz CT molecular complexity index is 634. The van der Waals surface area contributed by atoms with Gasteiger partial charge in [-0.1, -0.05) is 0 Å². The Morgan fingerprint density at radius 1 is 1.03 bits per heavy atom. The lowest BCUT2D eigenvalue weighted by Crippen LogP contribution is -2.53. The molecule has 1 heterocycles. The van der Waals surface area contributed by atoms with Crippen molar-refractivity contribution in [3.63, 3.8) is 0 Å². The molecule has 31 heavy (non-hydrogen) atoms. The van der Waals surface area contributed by atoms with Crippen LogP contribution in [0, 0.1) is 11.8 Å². The minimum absolute atomic E-state index is 0.127. The third kappa shape index (κ3) is 7.08. The molecule has 2 aliphatic carbocycles. The highest BCUT2D eigenvalue weighted by molar-refractivity contribution is 5.98. The Hall–Kier alpha value is -1.32. The largest absolute Gasteiger partial charge is 0.381 e. The Morgan fingerprint density at radius 2 is 1.74 bits per heavy atom. The van der Waals surface area contributed by atoms with Gasteiger partial charge in [0, 0.05) is 31.5 Å². The van der Waals surface area contributed by atoms with Crippen molar-refractivity contribution in [1.82, 2.24) is 21.5 Å². The molecule has 0 bridgehead atoms. The molecule has 0 spiro atoms. The summed E-state index contributed by atoms with van der Waals surface area (Å²) >= 11 is 0. The first-order valence-electron chi connectivity index (χ1n) is 11.6. The third-order valence-corrected chi connectivity index (χ3v) is 6.60. The lowest BCUT2D eigenvalue weighted by molar-refractivity contribution is -0.128. The maximum atomic E-state index is 14.6. The predicted molar refractivity (Wildman–Crippen MR) is 117 cm³/mol. The standard InChI is InChI=1S/C22H39F2N5O2/c1-22(2,3)27-21(26-20(30)16-10-9-15(31-4)11-17(16)24)25-19-12-18(28-29-19)13-5-7-14(23)8-6-13/h13-19,28-29H,5-12H2,1-4H3,(H2,25,26,27,30). The van der Waals surface area contributed by atoms with Crippen molar-refractivity contribution >= 4 is 11.9 Å². The van der Waals surface area contributed by atoms with Gasteiger partial charge in [-0.3, -0.25) is 15.5 Å². The number of rotatable bonds is 4. The van der Waals surface area contributed by atoms with Gasteiger partial charge >= 0.3 is 0 Å². The van der Waals surface area contributed by atoms with Crippen LogP contribution >= 0.6 is 0 Å². The number of guanidine groups is 1. The fraction of sp³-hybridized carbons (Fsp3) is 0.909. The van der Waals surface area contributed by atoms with Crippen molar-refractivity contribution in [2.24, 2.45) is 16.8 Å². The fourth-order valence-corrected chi connectivity index (χ4v) is 4.84. The maximum Gasteiger partial charge on any atom is 0.232 e. The molecule has 0 aromatic carbocycles. The molecule has 3 fully saturated rings. The smallest absolute Gasteiger partial charge is 0.232 e. The summed E-state index contributed by atoms with van der Waals surface area (Å²) in [5.74, 6) is -0.263. The molecule has 9 heteroatoms. The normalized spacial score (nSPS) is 37.5. The van der Waals surface area contributed by atoms with Crippen LogP contribution in [0.4, 0.5) is 8.78 Å². The van der Waals surface area contributed by atoms with E-state index in [4.69, 9.17) is 9.73 Å². The second-order valence-electron chi connectivity index (χ2n) is 10.3. The quantitative estimate of drug-likeness (QED) is 0.397. The van der Waals surface area contributed by atoms with Crippen LogP contribution in [0.2, 0.25) is 0 Å². The molecule has 1 amide bonds. The number of nitrogens with zero attached hydrogens (tertiary/aromatic N) is 1. The van der Waals surface area contributed by atoms with Crippen LogP contribution in [0.15, 0.2) is 4.99 Å². The van der Waals surface area contributed by atoms with Crippen molar-refractivity contribution < 1.29 is 18.3 Å². The van der Waals surface area contributed by atoms with E-state index in [0.717, 1.165) is 19.3 Å². The SMILES string of the molecule is COC1CCC(C(=O)N/C(=N/C2CC(C3CCC(F)CC3)NN2)NC(C)(C)C)C(F)C1. The Kier molecular flexibility index (Phi) is 8.26. The van der Waals surface area contributed by atoms with Gasteiger partial charge in [-0.15, -0.1) is 0 Å². The van der Waals surface area contributed by atoms with E-state index >= 15 is 0 Å². The molecule has 3 aliphatic rings. The molecular formula is C22H39F2N5O2. The van der Waals surface area contributed by atoms with E-state index < -0.39 is 18.3 Å². The van der Waals surface area contributed by atoms with E-state index in [1.54, 1.807) is 7.11 Å². The van der Waals surface area contributed by atoms with Crippen molar-refractivity contribution in [3.05, 3.63) is 0 Å². The summed E-state index contributed by atoms with van der Waals surface area (Å²) in [7, 11) is 1.58. The van der Waals surface area contributed by atoms with Gasteiger partial charge in [0.1, 0.15) is 18.5 Å². The zero-order valence-electron chi connectivity index (χ0n) is 19.2. The number of hydrogen-bond acceptors (Lipinski definition) is 5. The number of hydrogen-bond donors (Lipinski definition) is 4. The number of alkyl halides is 2. The van der Waals surface area contributed by atoms with Crippen molar-refractivity contribution in [1.29, 1.82) is 0 Å². The molecule has 3 rings (SSSR count). The van der Waals surface area contributed by atoms with E-state index in [2.05, 4.69) is 21.5 Å². The highest BCUT2D eigenvalue weighted by Gasteiger charge is 2.37. The minimum Gasteiger partial charge on any atom is -0.381 e. The average molecular weight is 444 g/mol. The topological polar surface area (TPSA) is 86.8 Å². The Labute approximate surface area is 184 Å². The molecule has 1 saturated heterocycles. The summed E-state index contributed by atoms with van der Waals surface area (Å²) in [6.45, 7) is 5.94. The number of halogens is 2. The molecule has 0 aromatic heterocycles. The van der Waals surface area contributed by atoms with Gasteiger partial charge in [-0.25, -0.2) is 19.2 Å². The van der Waals surface area contributed by atoms with Gasteiger partial charge in [-0.2, -0.15) is 0 Å². The molecule has 178 valence electrons. The van der Waals surface area contributed by atoms with E-state index in [1.807, 2.05) is 20.8 Å². The molecule has 4 N–H and O–H groups in total. The van der Waals surface area contributed by atoms with E-state index in [0.29, 0.717) is 37.6 Å². The average Bonchev–Trinajstić information content (AvgIpc) is 3.15. The van der Waals surface area contributed by atoms with Gasteiger partial charge in [-0.05, 0) is 65.2 Å². The molecule has 5 unspecified atom stereocenters. The van der Waals surface area contributed by atoms with Crippen molar-refractivity contribution in [3.8, 4) is 0 Å². The molecule has 0 aromatic rings. The molecule has 5 atom stereocenters. The summed E-state index contributed by atoms with van der Waals surface area (Å²) in [6.07, 6.45) is 2.89. The number of amides is 1. The number of nitrogens with one attached hydrogen (secondary N) is 4. The molecule has 7 nitrogen and oxygen atoms in total. The first-order chi connectivity index (χ1) is 14.6. The second kappa shape index (κ2) is 10.5. The minimum atomic E-state index is -1.23. The number of carbonyl (C=O) groups is 1. The van der Waals surface area contributed by atoms with Crippen LogP contribution in [0.1, 0.15) is 72.1 Å². The Balaban J connectivity index is 1.61. The van der Waals surface area contributed by atoms with Gasteiger partial charge in [0.25, 0.3) is 0 Å². The van der Waals surface area contributed by atoms with Crippen molar-refractivity contribution in [2.45, 2.75) is 108 Å². The second-order valence-corrected chi connectivity index (χ2v) is 10.3. The Morgan fingerprint density at radius 3 is 2.35 bits per heavy atom. The zero-order chi connectivity index (χ0) is 22.6. The number of aliphatic imine (C=N–C) groups is 1. The number of ether oxygens (including phenoxy) is 1. The lowest BCUT2D eigenvalue weighted by Gasteiger charge is -2.31. The van der Waals surface area contributed by atoms with Crippen LogP contribution in [0.3, 0.4) is 0 Å². The van der Waals surface area contributed by atoms with Crippen LogP contribution in [-0.2, 0) is 9.53 Å². The van der Waals surface area contributed by atoms with Gasteiger partial charge in [0.15, 0.2) is 5.96 Å². The third-order valence-electron chi connectivity index (χ3n) is 6.60. The monoisotopic (exact) mass is 443 g/mol.